The van der Waals surface area contributed by atoms with E-state index in [0.29, 0.717) is 39.1 Å². The zero-order valence-corrected chi connectivity index (χ0v) is 25.1. The second-order valence-corrected chi connectivity index (χ2v) is 11.3. The lowest BCUT2D eigenvalue weighted by molar-refractivity contribution is 0.0956. The average molecular weight is 597 g/mol. The molecule has 0 aliphatic heterocycles. The highest BCUT2D eigenvalue weighted by Crippen LogP contribution is 2.50. The monoisotopic (exact) mass is 596 g/mol. The molecule has 46 heavy (non-hydrogen) atoms. The third kappa shape index (κ3) is 5.00. The standard InChI is InChI=1S/C42H32N2O2/c45-41(33-23-11-3-12-24-33,34-25-13-4-14-26-34)38-37(31-19-7-1-8-20-31)39(32-21-9-2-10-22-32)43-44-40(38)42(46,35-27-15-5-16-28-35)36-29-17-6-18-30-36/h1-30,45-46H. The first-order valence-electron chi connectivity index (χ1n) is 15.3. The van der Waals surface area contributed by atoms with E-state index in [2.05, 4.69) is 0 Å². The van der Waals surface area contributed by atoms with Gasteiger partial charge in [0.05, 0.1) is 0 Å². The van der Waals surface area contributed by atoms with Crippen molar-refractivity contribution in [3.63, 3.8) is 0 Å². The van der Waals surface area contributed by atoms with Gasteiger partial charge in [0, 0.05) is 16.7 Å². The Labute approximate surface area is 269 Å². The van der Waals surface area contributed by atoms with Crippen LogP contribution >= 0.6 is 0 Å². The first-order valence-corrected chi connectivity index (χ1v) is 15.3. The molecule has 0 aliphatic carbocycles. The van der Waals surface area contributed by atoms with Crippen molar-refractivity contribution in [3.8, 4) is 22.4 Å². The molecule has 0 amide bonds. The first kappa shape index (κ1) is 29.1. The van der Waals surface area contributed by atoms with Gasteiger partial charge in [-0.15, -0.1) is 5.10 Å². The minimum Gasteiger partial charge on any atom is -0.376 e. The zero-order valence-electron chi connectivity index (χ0n) is 25.1. The van der Waals surface area contributed by atoms with Gasteiger partial charge in [0.25, 0.3) is 0 Å². The van der Waals surface area contributed by atoms with Crippen molar-refractivity contribution in [1.29, 1.82) is 0 Å². The summed E-state index contributed by atoms with van der Waals surface area (Å²) in [7, 11) is 0. The smallest absolute Gasteiger partial charge is 0.159 e. The fraction of sp³-hybridized carbons (Fsp3) is 0.0476. The molecule has 0 bridgehead atoms. The Morgan fingerprint density at radius 2 is 0.674 bits per heavy atom. The van der Waals surface area contributed by atoms with Gasteiger partial charge in [0.2, 0.25) is 0 Å². The summed E-state index contributed by atoms with van der Waals surface area (Å²) in [4.78, 5) is 0. The Morgan fingerprint density at radius 3 is 1.07 bits per heavy atom. The molecule has 1 heterocycles. The largest absolute Gasteiger partial charge is 0.376 e. The van der Waals surface area contributed by atoms with Crippen LogP contribution in [-0.2, 0) is 11.2 Å². The summed E-state index contributed by atoms with van der Waals surface area (Å²) in [6, 6.07) is 57.9. The molecule has 0 atom stereocenters. The summed E-state index contributed by atoms with van der Waals surface area (Å²) >= 11 is 0. The predicted octanol–water partition coefficient (Wildman–Crippen LogP) is 8.38. The highest BCUT2D eigenvalue weighted by atomic mass is 16.3. The van der Waals surface area contributed by atoms with Crippen LogP contribution in [0.1, 0.15) is 33.5 Å². The van der Waals surface area contributed by atoms with Crippen molar-refractivity contribution in [2.75, 3.05) is 0 Å². The zero-order chi connectivity index (χ0) is 31.4. The summed E-state index contributed by atoms with van der Waals surface area (Å²) in [6.45, 7) is 0. The van der Waals surface area contributed by atoms with Crippen molar-refractivity contribution in [1.82, 2.24) is 10.2 Å². The molecule has 7 aromatic rings. The maximum absolute atomic E-state index is 13.6. The number of hydrogen-bond acceptors (Lipinski definition) is 4. The predicted molar refractivity (Wildman–Crippen MR) is 183 cm³/mol. The molecule has 6 aromatic carbocycles. The van der Waals surface area contributed by atoms with Gasteiger partial charge in [-0.2, -0.15) is 5.10 Å². The van der Waals surface area contributed by atoms with Crippen LogP contribution in [0.25, 0.3) is 22.4 Å². The Kier molecular flexibility index (Phi) is 7.81. The van der Waals surface area contributed by atoms with E-state index in [9.17, 15) is 10.2 Å². The highest BCUT2D eigenvalue weighted by Gasteiger charge is 2.47. The van der Waals surface area contributed by atoms with Crippen molar-refractivity contribution >= 4 is 0 Å². The maximum atomic E-state index is 13.6. The fourth-order valence-corrected chi connectivity index (χ4v) is 6.34. The van der Waals surface area contributed by atoms with Crippen LogP contribution in [0, 0.1) is 0 Å². The lowest BCUT2D eigenvalue weighted by Crippen LogP contribution is -2.39. The molecule has 0 unspecified atom stereocenters. The topological polar surface area (TPSA) is 66.2 Å². The molecule has 0 saturated heterocycles. The molecule has 1 aromatic heterocycles. The van der Waals surface area contributed by atoms with Crippen LogP contribution in [0.4, 0.5) is 0 Å². The van der Waals surface area contributed by atoms with Gasteiger partial charge < -0.3 is 10.2 Å². The summed E-state index contributed by atoms with van der Waals surface area (Å²) in [5, 5.41) is 36.7. The quantitative estimate of drug-likeness (QED) is 0.185. The van der Waals surface area contributed by atoms with Gasteiger partial charge in [-0.25, -0.2) is 0 Å². The highest BCUT2D eigenvalue weighted by molar-refractivity contribution is 5.86. The molecule has 0 radical (unpaired) electrons. The Morgan fingerprint density at radius 1 is 0.348 bits per heavy atom. The number of aromatic nitrogens is 2. The molecule has 7 rings (SSSR count). The number of benzene rings is 6. The minimum absolute atomic E-state index is 0.235. The van der Waals surface area contributed by atoms with Crippen molar-refractivity contribution in [3.05, 3.63) is 216 Å². The van der Waals surface area contributed by atoms with Gasteiger partial charge >= 0.3 is 0 Å². The summed E-state index contributed by atoms with van der Waals surface area (Å²) in [6.07, 6.45) is 0. The fourth-order valence-electron chi connectivity index (χ4n) is 6.34. The molecule has 222 valence electrons. The Hall–Kier alpha value is -5.68. The van der Waals surface area contributed by atoms with Crippen LogP contribution in [0.5, 0.6) is 0 Å². The molecular weight excluding hydrogens is 564 g/mol. The van der Waals surface area contributed by atoms with Crippen LogP contribution < -0.4 is 0 Å². The van der Waals surface area contributed by atoms with Crippen LogP contribution in [0.2, 0.25) is 0 Å². The SMILES string of the molecule is OC(c1ccccc1)(c1ccccc1)c1nnc(-c2ccccc2)c(-c2ccccc2)c1C(O)(c1ccccc1)c1ccccc1. The van der Waals surface area contributed by atoms with E-state index in [1.165, 1.54) is 0 Å². The van der Waals surface area contributed by atoms with E-state index in [1.807, 2.05) is 182 Å². The van der Waals surface area contributed by atoms with Crippen LogP contribution in [0.3, 0.4) is 0 Å². The Bertz CT molecular complexity index is 1960. The van der Waals surface area contributed by atoms with E-state index in [1.54, 1.807) is 0 Å². The normalized spacial score (nSPS) is 11.7. The summed E-state index contributed by atoms with van der Waals surface area (Å²) < 4.78 is 0. The lowest BCUT2D eigenvalue weighted by atomic mass is 9.71. The van der Waals surface area contributed by atoms with Crippen LogP contribution in [-0.4, -0.2) is 20.4 Å². The summed E-state index contributed by atoms with van der Waals surface area (Å²) in [5.41, 5.74) is 2.55. The molecule has 0 spiro atoms. The third-order valence-corrected chi connectivity index (χ3v) is 8.55. The third-order valence-electron chi connectivity index (χ3n) is 8.55. The van der Waals surface area contributed by atoms with Gasteiger partial charge in [-0.3, -0.25) is 0 Å². The molecule has 4 nitrogen and oxygen atoms in total. The van der Waals surface area contributed by atoms with Crippen molar-refractivity contribution < 1.29 is 10.2 Å². The second kappa shape index (κ2) is 12.4. The van der Waals surface area contributed by atoms with Gasteiger partial charge in [-0.1, -0.05) is 182 Å². The van der Waals surface area contributed by atoms with Crippen molar-refractivity contribution in [2.45, 2.75) is 11.2 Å². The summed E-state index contributed by atoms with van der Waals surface area (Å²) in [5.74, 6) is 0. The second-order valence-electron chi connectivity index (χ2n) is 11.3. The van der Waals surface area contributed by atoms with Gasteiger partial charge in [0.1, 0.15) is 17.0 Å². The van der Waals surface area contributed by atoms with E-state index in [4.69, 9.17) is 10.2 Å². The lowest BCUT2D eigenvalue weighted by Gasteiger charge is -2.38. The first-order chi connectivity index (χ1) is 22.6. The van der Waals surface area contributed by atoms with E-state index in [-0.39, 0.29) is 5.69 Å². The molecular formula is C42H32N2O2. The molecule has 0 saturated carbocycles. The Balaban J connectivity index is 1.72. The molecule has 0 fully saturated rings. The van der Waals surface area contributed by atoms with Gasteiger partial charge in [-0.05, 0) is 27.8 Å². The number of rotatable bonds is 8. The number of aliphatic hydroxyl groups is 2. The number of hydrogen-bond donors (Lipinski definition) is 2. The maximum Gasteiger partial charge on any atom is 0.159 e. The van der Waals surface area contributed by atoms with Crippen LogP contribution in [0.15, 0.2) is 182 Å². The molecule has 4 heteroatoms. The van der Waals surface area contributed by atoms with Crippen molar-refractivity contribution in [2.24, 2.45) is 0 Å². The number of nitrogens with zero attached hydrogens (tertiary/aromatic N) is 2. The van der Waals surface area contributed by atoms with Gasteiger partial charge in [0.15, 0.2) is 5.60 Å². The minimum atomic E-state index is -1.79. The molecule has 2 N–H and O–H groups in total. The molecule has 0 aliphatic rings. The van der Waals surface area contributed by atoms with E-state index in [0.717, 1.165) is 11.1 Å². The van der Waals surface area contributed by atoms with E-state index < -0.39 is 11.2 Å². The van der Waals surface area contributed by atoms with E-state index >= 15 is 0 Å². The average Bonchev–Trinajstić information content (AvgIpc) is 3.15.